The highest BCUT2D eigenvalue weighted by molar-refractivity contribution is 4.88. The smallest absolute Gasteiger partial charge is 0.0214 e. The summed E-state index contributed by atoms with van der Waals surface area (Å²) < 4.78 is 0. The molecule has 0 spiro atoms. The lowest BCUT2D eigenvalue weighted by Crippen LogP contribution is -2.55. The molecule has 1 aliphatic heterocycles. The van der Waals surface area contributed by atoms with Gasteiger partial charge in [-0.2, -0.15) is 0 Å². The second-order valence-electron chi connectivity index (χ2n) is 3.81. The fourth-order valence-corrected chi connectivity index (χ4v) is 1.79. The standard InChI is InChI=1S/C11H20N2/c1-4-6-7-13-9-11(5-2)12-8-10(13)3/h1,10-12H,5-9H2,2-3H3. The zero-order valence-electron chi connectivity index (χ0n) is 8.71. The van der Waals surface area contributed by atoms with Gasteiger partial charge in [-0.1, -0.05) is 6.92 Å². The van der Waals surface area contributed by atoms with E-state index in [9.17, 15) is 0 Å². The van der Waals surface area contributed by atoms with Crippen LogP contribution >= 0.6 is 0 Å². The van der Waals surface area contributed by atoms with Crippen molar-refractivity contribution in [1.29, 1.82) is 0 Å². The lowest BCUT2D eigenvalue weighted by atomic mass is 10.1. The summed E-state index contributed by atoms with van der Waals surface area (Å²) in [6, 6.07) is 1.30. The van der Waals surface area contributed by atoms with E-state index in [1.165, 1.54) is 6.42 Å². The topological polar surface area (TPSA) is 15.3 Å². The van der Waals surface area contributed by atoms with E-state index in [1.54, 1.807) is 0 Å². The summed E-state index contributed by atoms with van der Waals surface area (Å²) in [5.74, 6) is 2.71. The Kier molecular flexibility index (Phi) is 4.27. The zero-order chi connectivity index (χ0) is 9.68. The Bertz CT molecular complexity index is 183. The number of rotatable bonds is 3. The zero-order valence-corrected chi connectivity index (χ0v) is 8.71. The van der Waals surface area contributed by atoms with Crippen molar-refractivity contribution in [2.24, 2.45) is 0 Å². The molecule has 0 radical (unpaired) electrons. The van der Waals surface area contributed by atoms with Crippen molar-refractivity contribution < 1.29 is 0 Å². The Balaban J connectivity index is 2.36. The van der Waals surface area contributed by atoms with Gasteiger partial charge in [0.25, 0.3) is 0 Å². The van der Waals surface area contributed by atoms with Crippen molar-refractivity contribution in [3.63, 3.8) is 0 Å². The first-order valence-corrected chi connectivity index (χ1v) is 5.18. The molecular formula is C11H20N2. The van der Waals surface area contributed by atoms with E-state index >= 15 is 0 Å². The van der Waals surface area contributed by atoms with Crippen molar-refractivity contribution >= 4 is 0 Å². The molecule has 1 N–H and O–H groups in total. The molecule has 13 heavy (non-hydrogen) atoms. The summed E-state index contributed by atoms with van der Waals surface area (Å²) >= 11 is 0. The number of piperazine rings is 1. The maximum atomic E-state index is 5.27. The molecule has 2 atom stereocenters. The fraction of sp³-hybridized carbons (Fsp3) is 0.818. The molecule has 2 nitrogen and oxygen atoms in total. The molecule has 2 unspecified atom stereocenters. The average Bonchev–Trinajstić information content (AvgIpc) is 2.17. The second kappa shape index (κ2) is 5.26. The van der Waals surface area contributed by atoms with Gasteiger partial charge in [-0.15, -0.1) is 12.3 Å². The van der Waals surface area contributed by atoms with E-state index in [-0.39, 0.29) is 0 Å². The Morgan fingerprint density at radius 1 is 1.62 bits per heavy atom. The van der Waals surface area contributed by atoms with Crippen LogP contribution in [0.25, 0.3) is 0 Å². The summed E-state index contributed by atoms with van der Waals surface area (Å²) in [6.45, 7) is 7.79. The lowest BCUT2D eigenvalue weighted by Gasteiger charge is -2.38. The third-order valence-electron chi connectivity index (χ3n) is 2.82. The van der Waals surface area contributed by atoms with Gasteiger partial charge >= 0.3 is 0 Å². The molecule has 0 aromatic carbocycles. The number of nitrogens with zero attached hydrogens (tertiary/aromatic N) is 1. The van der Waals surface area contributed by atoms with Crippen LogP contribution in [0.2, 0.25) is 0 Å². The summed E-state index contributed by atoms with van der Waals surface area (Å²) in [6.07, 6.45) is 7.35. The molecule has 0 saturated carbocycles. The maximum absolute atomic E-state index is 5.27. The first-order chi connectivity index (χ1) is 6.27. The van der Waals surface area contributed by atoms with Gasteiger partial charge in [-0.3, -0.25) is 4.90 Å². The Morgan fingerprint density at radius 2 is 2.38 bits per heavy atom. The minimum Gasteiger partial charge on any atom is -0.311 e. The van der Waals surface area contributed by atoms with Gasteiger partial charge in [0.05, 0.1) is 0 Å². The average molecular weight is 180 g/mol. The first kappa shape index (κ1) is 10.6. The van der Waals surface area contributed by atoms with Crippen molar-refractivity contribution in [2.45, 2.75) is 38.8 Å². The Labute approximate surface area is 81.7 Å². The van der Waals surface area contributed by atoms with Crippen LogP contribution < -0.4 is 5.32 Å². The molecule has 1 fully saturated rings. The van der Waals surface area contributed by atoms with E-state index in [0.29, 0.717) is 12.1 Å². The Hall–Kier alpha value is -0.520. The van der Waals surface area contributed by atoms with Crippen molar-refractivity contribution in [2.75, 3.05) is 19.6 Å². The molecule has 0 aromatic rings. The third kappa shape index (κ3) is 3.02. The van der Waals surface area contributed by atoms with Crippen LogP contribution in [-0.2, 0) is 0 Å². The number of nitrogens with one attached hydrogen (secondary N) is 1. The number of hydrogen-bond donors (Lipinski definition) is 1. The van der Waals surface area contributed by atoms with Gasteiger partial charge in [0, 0.05) is 38.1 Å². The van der Waals surface area contributed by atoms with Crippen LogP contribution in [0.5, 0.6) is 0 Å². The third-order valence-corrected chi connectivity index (χ3v) is 2.82. The van der Waals surface area contributed by atoms with Crippen LogP contribution in [0.15, 0.2) is 0 Å². The largest absolute Gasteiger partial charge is 0.311 e. The predicted molar refractivity (Wildman–Crippen MR) is 56.6 cm³/mol. The second-order valence-corrected chi connectivity index (χ2v) is 3.81. The monoisotopic (exact) mass is 180 g/mol. The molecule has 1 rings (SSSR count). The summed E-state index contributed by atoms with van der Waals surface area (Å²) in [5.41, 5.74) is 0. The molecule has 0 aromatic heterocycles. The molecule has 1 aliphatic rings. The van der Waals surface area contributed by atoms with Gasteiger partial charge in [-0.05, 0) is 13.3 Å². The van der Waals surface area contributed by atoms with E-state index in [1.807, 2.05) is 0 Å². The van der Waals surface area contributed by atoms with Crippen molar-refractivity contribution in [1.82, 2.24) is 10.2 Å². The van der Waals surface area contributed by atoms with E-state index < -0.39 is 0 Å². The van der Waals surface area contributed by atoms with E-state index in [0.717, 1.165) is 26.1 Å². The van der Waals surface area contributed by atoms with Crippen LogP contribution in [0.4, 0.5) is 0 Å². The van der Waals surface area contributed by atoms with Gasteiger partial charge in [-0.25, -0.2) is 0 Å². The molecule has 2 heteroatoms. The lowest BCUT2D eigenvalue weighted by molar-refractivity contribution is 0.142. The minimum atomic E-state index is 0.635. The first-order valence-electron chi connectivity index (χ1n) is 5.18. The Morgan fingerprint density at radius 3 is 3.00 bits per heavy atom. The van der Waals surface area contributed by atoms with Crippen LogP contribution in [0.1, 0.15) is 26.7 Å². The summed E-state index contributed by atoms with van der Waals surface area (Å²) in [7, 11) is 0. The van der Waals surface area contributed by atoms with E-state index in [2.05, 4.69) is 30.0 Å². The van der Waals surface area contributed by atoms with Gasteiger partial charge in [0.2, 0.25) is 0 Å². The van der Waals surface area contributed by atoms with Gasteiger partial charge in [0.15, 0.2) is 0 Å². The molecular weight excluding hydrogens is 160 g/mol. The van der Waals surface area contributed by atoms with Crippen LogP contribution in [0, 0.1) is 12.3 Å². The maximum Gasteiger partial charge on any atom is 0.0214 e. The molecule has 74 valence electrons. The molecule has 1 heterocycles. The molecule has 1 saturated heterocycles. The SMILES string of the molecule is C#CCCN1CC(CC)NCC1C. The minimum absolute atomic E-state index is 0.635. The quantitative estimate of drug-likeness (QED) is 0.654. The van der Waals surface area contributed by atoms with Crippen LogP contribution in [-0.4, -0.2) is 36.6 Å². The van der Waals surface area contributed by atoms with Crippen molar-refractivity contribution in [3.8, 4) is 12.3 Å². The highest BCUT2D eigenvalue weighted by atomic mass is 15.2. The highest BCUT2D eigenvalue weighted by Crippen LogP contribution is 2.08. The number of terminal acetylenes is 1. The summed E-state index contributed by atoms with van der Waals surface area (Å²) in [4.78, 5) is 2.49. The summed E-state index contributed by atoms with van der Waals surface area (Å²) in [5, 5.41) is 3.53. The van der Waals surface area contributed by atoms with E-state index in [4.69, 9.17) is 6.42 Å². The molecule has 0 bridgehead atoms. The highest BCUT2D eigenvalue weighted by Gasteiger charge is 2.22. The van der Waals surface area contributed by atoms with Crippen LogP contribution in [0.3, 0.4) is 0 Å². The fourth-order valence-electron chi connectivity index (χ4n) is 1.79. The van der Waals surface area contributed by atoms with Crippen molar-refractivity contribution in [3.05, 3.63) is 0 Å². The predicted octanol–water partition coefficient (Wildman–Crippen LogP) is 1.08. The molecule has 0 aliphatic carbocycles. The molecule has 0 amide bonds. The number of hydrogen-bond acceptors (Lipinski definition) is 2. The van der Waals surface area contributed by atoms with Gasteiger partial charge < -0.3 is 5.32 Å². The van der Waals surface area contributed by atoms with Gasteiger partial charge in [0.1, 0.15) is 0 Å². The normalized spacial score (nSPS) is 29.9.